The summed E-state index contributed by atoms with van der Waals surface area (Å²) in [6.07, 6.45) is 3.35. The van der Waals surface area contributed by atoms with Crippen LogP contribution in [-0.2, 0) is 0 Å². The summed E-state index contributed by atoms with van der Waals surface area (Å²) >= 11 is 0. The summed E-state index contributed by atoms with van der Waals surface area (Å²) in [7, 11) is 0. The number of ether oxygens (including phenoxy) is 1. The number of hydrogen-bond donors (Lipinski definition) is 2. The number of hydrogen-bond acceptors (Lipinski definition) is 5. The first-order valence-electron chi connectivity index (χ1n) is 12.9. The number of H-pyrrole nitrogens is 1. The third-order valence-electron chi connectivity index (χ3n) is 6.78. The average Bonchev–Trinajstić information content (AvgIpc) is 3.43. The molecule has 3 aromatic heterocycles. The van der Waals surface area contributed by atoms with Crippen LogP contribution in [0.1, 0.15) is 21.7 Å². The van der Waals surface area contributed by atoms with Crippen LogP contribution in [0.15, 0.2) is 96.1 Å². The zero-order chi connectivity index (χ0) is 29.4. The Balaban J connectivity index is 1.27. The van der Waals surface area contributed by atoms with E-state index >= 15 is 4.39 Å². The highest BCUT2D eigenvalue weighted by atomic mass is 19.1. The van der Waals surface area contributed by atoms with Crippen LogP contribution < -0.4 is 15.6 Å². The second-order valence-electron chi connectivity index (χ2n) is 9.70. The van der Waals surface area contributed by atoms with Gasteiger partial charge < -0.3 is 10.1 Å². The van der Waals surface area contributed by atoms with Crippen molar-refractivity contribution in [3.8, 4) is 28.3 Å². The number of aromatic amines is 1. The lowest BCUT2D eigenvalue weighted by molar-refractivity contribution is 0.102. The lowest BCUT2D eigenvalue weighted by Crippen LogP contribution is -2.29. The molecule has 0 unspecified atom stereocenters. The number of nitrogens with one attached hydrogen (secondary N) is 2. The molecule has 0 saturated heterocycles. The van der Waals surface area contributed by atoms with Gasteiger partial charge >= 0.3 is 0 Å². The number of aromatic nitrogens is 4. The van der Waals surface area contributed by atoms with Gasteiger partial charge in [-0.3, -0.25) is 24.2 Å². The number of carbonyl (C=O) groups excluding carboxylic acids is 1. The zero-order valence-corrected chi connectivity index (χ0v) is 22.5. The molecule has 3 aromatic carbocycles. The lowest BCUT2D eigenvalue weighted by Gasteiger charge is -2.14. The van der Waals surface area contributed by atoms with Gasteiger partial charge in [-0.05, 0) is 80.6 Å². The summed E-state index contributed by atoms with van der Waals surface area (Å²) < 4.78 is 36.0. The second kappa shape index (κ2) is 10.7. The number of pyridine rings is 2. The van der Waals surface area contributed by atoms with E-state index in [2.05, 4.69) is 20.5 Å². The maximum atomic E-state index is 15.3. The molecule has 6 aromatic rings. The molecule has 208 valence electrons. The molecule has 6 rings (SSSR count). The number of carbonyl (C=O) groups is 1. The van der Waals surface area contributed by atoms with Crippen molar-refractivity contribution in [2.45, 2.75) is 13.8 Å². The van der Waals surface area contributed by atoms with Crippen LogP contribution in [0.25, 0.3) is 27.7 Å². The highest BCUT2D eigenvalue weighted by Gasteiger charge is 2.18. The van der Waals surface area contributed by atoms with Gasteiger partial charge in [0.25, 0.3) is 11.5 Å². The maximum absolute atomic E-state index is 15.3. The van der Waals surface area contributed by atoms with Crippen molar-refractivity contribution in [3.63, 3.8) is 0 Å². The molecule has 0 radical (unpaired) electrons. The standard InChI is InChI=1S/C32H23F2N5O3/c1-18-3-5-20(16-35-18)26-15-28-21(17-36-38-28)13-30(26)42-29-12-8-23(14-27(29)34)37-31(40)25-11-4-19(2)39(32(25)41)24-9-6-22(33)7-10-24/h3-17H,1-2H3,(H,36,38)(H,37,40). The van der Waals surface area contributed by atoms with Crippen molar-refractivity contribution in [2.24, 2.45) is 0 Å². The van der Waals surface area contributed by atoms with E-state index in [9.17, 15) is 14.0 Å². The third kappa shape index (κ3) is 5.13. The highest BCUT2D eigenvalue weighted by Crippen LogP contribution is 2.37. The van der Waals surface area contributed by atoms with Gasteiger partial charge in [0.1, 0.15) is 17.1 Å². The Morgan fingerprint density at radius 2 is 1.71 bits per heavy atom. The molecule has 3 heterocycles. The first-order valence-corrected chi connectivity index (χ1v) is 12.9. The molecule has 0 spiro atoms. The second-order valence-corrected chi connectivity index (χ2v) is 9.70. The van der Waals surface area contributed by atoms with Crippen LogP contribution in [-0.4, -0.2) is 25.7 Å². The Labute approximate surface area is 238 Å². The van der Waals surface area contributed by atoms with Crippen molar-refractivity contribution in [2.75, 3.05) is 5.32 Å². The summed E-state index contributed by atoms with van der Waals surface area (Å²) in [5.41, 5.74) is 3.46. The summed E-state index contributed by atoms with van der Waals surface area (Å²) in [5.74, 6) is -1.56. The van der Waals surface area contributed by atoms with Crippen molar-refractivity contribution in [1.82, 2.24) is 19.7 Å². The molecule has 8 nitrogen and oxygen atoms in total. The van der Waals surface area contributed by atoms with Crippen molar-refractivity contribution in [1.29, 1.82) is 0 Å². The largest absolute Gasteiger partial charge is 0.454 e. The predicted molar refractivity (Wildman–Crippen MR) is 155 cm³/mol. The molecule has 42 heavy (non-hydrogen) atoms. The van der Waals surface area contributed by atoms with Crippen LogP contribution in [0.2, 0.25) is 0 Å². The van der Waals surface area contributed by atoms with Gasteiger partial charge in [0.05, 0.1) is 11.7 Å². The molecule has 0 aliphatic carbocycles. The van der Waals surface area contributed by atoms with Crippen LogP contribution in [0.3, 0.4) is 0 Å². The van der Waals surface area contributed by atoms with E-state index in [0.717, 1.165) is 28.2 Å². The van der Waals surface area contributed by atoms with E-state index in [1.54, 1.807) is 31.5 Å². The molecule has 1 amide bonds. The number of nitrogens with zero attached hydrogens (tertiary/aromatic N) is 3. The molecule has 0 fully saturated rings. The Morgan fingerprint density at radius 1 is 0.905 bits per heavy atom. The van der Waals surface area contributed by atoms with E-state index < -0.39 is 23.1 Å². The van der Waals surface area contributed by atoms with Gasteiger partial charge in [0.15, 0.2) is 11.6 Å². The smallest absolute Gasteiger partial charge is 0.268 e. The summed E-state index contributed by atoms with van der Waals surface area (Å²) in [5, 5.41) is 10.3. The Hall–Kier alpha value is -5.64. The van der Waals surface area contributed by atoms with Crippen LogP contribution in [0.4, 0.5) is 14.5 Å². The summed E-state index contributed by atoms with van der Waals surface area (Å²) in [6.45, 7) is 3.58. The first kappa shape index (κ1) is 26.6. The van der Waals surface area contributed by atoms with Crippen LogP contribution in [0.5, 0.6) is 11.5 Å². The average molecular weight is 564 g/mol. The number of amides is 1. The number of halogens is 2. The van der Waals surface area contributed by atoms with Gasteiger partial charge in [0.2, 0.25) is 0 Å². The van der Waals surface area contributed by atoms with E-state index in [1.807, 2.05) is 25.1 Å². The topological polar surface area (TPSA) is 102 Å². The minimum absolute atomic E-state index is 0.0637. The Kier molecular flexibility index (Phi) is 6.79. The molecular weight excluding hydrogens is 540 g/mol. The Morgan fingerprint density at radius 3 is 2.45 bits per heavy atom. The molecular formula is C32H23F2N5O3. The van der Waals surface area contributed by atoms with Gasteiger partial charge in [-0.15, -0.1) is 0 Å². The minimum Gasteiger partial charge on any atom is -0.454 e. The van der Waals surface area contributed by atoms with E-state index in [4.69, 9.17) is 4.74 Å². The van der Waals surface area contributed by atoms with Gasteiger partial charge in [-0.2, -0.15) is 5.10 Å². The third-order valence-corrected chi connectivity index (χ3v) is 6.78. The van der Waals surface area contributed by atoms with Gasteiger partial charge in [-0.25, -0.2) is 8.78 Å². The Bertz CT molecular complexity index is 2020. The van der Waals surface area contributed by atoms with Crippen molar-refractivity contribution < 1.29 is 18.3 Å². The number of aryl methyl sites for hydroxylation is 2. The molecule has 0 bridgehead atoms. The fourth-order valence-corrected chi connectivity index (χ4v) is 4.60. The molecule has 0 aliphatic heterocycles. The number of anilines is 1. The van der Waals surface area contributed by atoms with Gasteiger partial charge in [0, 0.05) is 51.5 Å². The number of rotatable bonds is 6. The quantitative estimate of drug-likeness (QED) is 0.234. The first-order chi connectivity index (χ1) is 20.3. The molecule has 10 heteroatoms. The zero-order valence-electron chi connectivity index (χ0n) is 22.5. The fourth-order valence-electron chi connectivity index (χ4n) is 4.60. The number of benzene rings is 3. The lowest BCUT2D eigenvalue weighted by atomic mass is 10.0. The number of fused-ring (bicyclic) bond motifs is 1. The van der Waals surface area contributed by atoms with E-state index in [-0.39, 0.29) is 17.0 Å². The van der Waals surface area contributed by atoms with Crippen LogP contribution >= 0.6 is 0 Å². The van der Waals surface area contributed by atoms with Crippen molar-refractivity contribution in [3.05, 3.63) is 130 Å². The monoisotopic (exact) mass is 563 g/mol. The molecule has 0 saturated carbocycles. The molecule has 0 aliphatic rings. The normalized spacial score (nSPS) is 11.0. The van der Waals surface area contributed by atoms with E-state index in [1.165, 1.54) is 47.0 Å². The SMILES string of the molecule is Cc1ccc(-c2cc3[nH]ncc3cc2Oc2ccc(NC(=O)c3ccc(C)n(-c4ccc(F)cc4)c3=O)cc2F)cn1. The van der Waals surface area contributed by atoms with Crippen LogP contribution in [0, 0.1) is 25.5 Å². The molecule has 2 N–H and O–H groups in total. The fraction of sp³-hybridized carbons (Fsp3) is 0.0625. The van der Waals surface area contributed by atoms with E-state index in [0.29, 0.717) is 22.7 Å². The summed E-state index contributed by atoms with van der Waals surface area (Å²) in [4.78, 5) is 30.6. The van der Waals surface area contributed by atoms with Gasteiger partial charge in [-0.1, -0.05) is 6.07 Å². The summed E-state index contributed by atoms with van der Waals surface area (Å²) in [6, 6.07) is 19.7. The van der Waals surface area contributed by atoms with Crippen molar-refractivity contribution >= 4 is 22.5 Å². The molecule has 0 atom stereocenters. The predicted octanol–water partition coefficient (Wildman–Crippen LogP) is 6.72. The maximum Gasteiger partial charge on any atom is 0.268 e. The highest BCUT2D eigenvalue weighted by molar-refractivity contribution is 6.04. The minimum atomic E-state index is -0.722.